The summed E-state index contributed by atoms with van der Waals surface area (Å²) in [7, 11) is 0. The van der Waals surface area contributed by atoms with Crippen LogP contribution < -0.4 is 0 Å². The average Bonchev–Trinajstić information content (AvgIpc) is 2.68. The highest BCUT2D eigenvalue weighted by molar-refractivity contribution is 5.81. The van der Waals surface area contributed by atoms with Gasteiger partial charge in [0.25, 0.3) is 5.91 Å². The summed E-state index contributed by atoms with van der Waals surface area (Å²) in [5, 5.41) is 9.62. The van der Waals surface area contributed by atoms with Crippen molar-refractivity contribution in [2.45, 2.75) is 51.4 Å². The van der Waals surface area contributed by atoms with E-state index in [2.05, 4.69) is 0 Å². The Hall–Kier alpha value is -0.610. The molecule has 2 saturated heterocycles. The van der Waals surface area contributed by atoms with Crippen LogP contribution in [-0.4, -0.2) is 47.3 Å². The molecule has 2 aliphatic rings. The molecule has 0 aromatic rings. The van der Waals surface area contributed by atoms with Gasteiger partial charge in [0.05, 0.1) is 12.2 Å². The number of piperidine rings is 1. The van der Waals surface area contributed by atoms with Gasteiger partial charge in [-0.3, -0.25) is 4.79 Å². The lowest BCUT2D eigenvalue weighted by Gasteiger charge is -2.35. The zero-order valence-corrected chi connectivity index (χ0v) is 10.1. The van der Waals surface area contributed by atoms with Gasteiger partial charge in [-0.15, -0.1) is 0 Å². The van der Waals surface area contributed by atoms with Crippen LogP contribution in [0, 0.1) is 5.92 Å². The molecule has 2 rings (SSSR count). The SMILES string of the molecule is CC1CCC(C(=O)N2CCC(O)C(C)C2)O1. The van der Waals surface area contributed by atoms with E-state index in [9.17, 15) is 9.90 Å². The highest BCUT2D eigenvalue weighted by atomic mass is 16.5. The Labute approximate surface area is 96.6 Å². The van der Waals surface area contributed by atoms with Gasteiger partial charge in [-0.2, -0.15) is 0 Å². The first kappa shape index (κ1) is 11.9. The van der Waals surface area contributed by atoms with Crippen molar-refractivity contribution in [2.75, 3.05) is 13.1 Å². The third-order valence-electron chi connectivity index (χ3n) is 3.68. The van der Waals surface area contributed by atoms with Crippen LogP contribution in [0.2, 0.25) is 0 Å². The van der Waals surface area contributed by atoms with E-state index in [0.717, 1.165) is 12.8 Å². The van der Waals surface area contributed by atoms with E-state index >= 15 is 0 Å². The minimum atomic E-state index is -0.257. The van der Waals surface area contributed by atoms with Crippen molar-refractivity contribution in [3.05, 3.63) is 0 Å². The van der Waals surface area contributed by atoms with Crippen LogP contribution in [0.4, 0.5) is 0 Å². The first-order chi connectivity index (χ1) is 7.58. The summed E-state index contributed by atoms with van der Waals surface area (Å²) in [5.74, 6) is 0.291. The number of carbonyl (C=O) groups is 1. The lowest BCUT2D eigenvalue weighted by atomic mass is 9.96. The first-order valence-corrected chi connectivity index (χ1v) is 6.20. The Morgan fingerprint density at radius 3 is 2.62 bits per heavy atom. The lowest BCUT2D eigenvalue weighted by Crippen LogP contribution is -2.48. The second kappa shape index (κ2) is 4.72. The summed E-state index contributed by atoms with van der Waals surface area (Å²) < 4.78 is 5.58. The summed E-state index contributed by atoms with van der Waals surface area (Å²) >= 11 is 0. The van der Waals surface area contributed by atoms with Gasteiger partial charge in [-0.05, 0) is 32.1 Å². The van der Waals surface area contributed by atoms with E-state index in [4.69, 9.17) is 4.74 Å². The molecule has 2 fully saturated rings. The Kier molecular flexibility index (Phi) is 3.50. The number of aliphatic hydroxyl groups excluding tert-OH is 1. The maximum absolute atomic E-state index is 12.1. The molecule has 4 atom stereocenters. The van der Waals surface area contributed by atoms with Crippen LogP contribution >= 0.6 is 0 Å². The number of amides is 1. The fourth-order valence-corrected chi connectivity index (χ4v) is 2.52. The summed E-state index contributed by atoms with van der Waals surface area (Å²) in [5.41, 5.74) is 0. The quantitative estimate of drug-likeness (QED) is 0.720. The molecule has 16 heavy (non-hydrogen) atoms. The van der Waals surface area contributed by atoms with Gasteiger partial charge in [-0.1, -0.05) is 6.92 Å². The number of nitrogens with zero attached hydrogens (tertiary/aromatic N) is 1. The fraction of sp³-hybridized carbons (Fsp3) is 0.917. The van der Waals surface area contributed by atoms with Crippen LogP contribution in [0.5, 0.6) is 0 Å². The largest absolute Gasteiger partial charge is 0.393 e. The number of ether oxygens (including phenoxy) is 1. The van der Waals surface area contributed by atoms with Gasteiger partial charge in [0.2, 0.25) is 0 Å². The lowest BCUT2D eigenvalue weighted by molar-refractivity contribution is -0.146. The molecule has 92 valence electrons. The molecule has 4 unspecified atom stereocenters. The van der Waals surface area contributed by atoms with Crippen molar-refractivity contribution in [1.82, 2.24) is 4.90 Å². The van der Waals surface area contributed by atoms with Crippen LogP contribution in [0.1, 0.15) is 33.1 Å². The van der Waals surface area contributed by atoms with Crippen LogP contribution in [0.25, 0.3) is 0 Å². The van der Waals surface area contributed by atoms with Gasteiger partial charge in [0.15, 0.2) is 0 Å². The molecule has 4 heteroatoms. The number of aliphatic hydroxyl groups is 1. The number of hydrogen-bond acceptors (Lipinski definition) is 3. The van der Waals surface area contributed by atoms with Crippen LogP contribution in [-0.2, 0) is 9.53 Å². The second-order valence-electron chi connectivity index (χ2n) is 5.13. The summed E-state index contributed by atoms with van der Waals surface area (Å²) in [6.45, 7) is 5.32. The van der Waals surface area contributed by atoms with Crippen molar-refractivity contribution < 1.29 is 14.6 Å². The minimum Gasteiger partial charge on any atom is -0.393 e. The molecule has 4 nitrogen and oxygen atoms in total. The van der Waals surface area contributed by atoms with E-state index in [-0.39, 0.29) is 30.1 Å². The van der Waals surface area contributed by atoms with E-state index in [1.54, 1.807) is 0 Å². The topological polar surface area (TPSA) is 49.8 Å². The molecular weight excluding hydrogens is 206 g/mol. The number of carbonyl (C=O) groups excluding carboxylic acids is 1. The number of rotatable bonds is 1. The van der Waals surface area contributed by atoms with E-state index in [0.29, 0.717) is 19.5 Å². The van der Waals surface area contributed by atoms with Gasteiger partial charge < -0.3 is 14.7 Å². The summed E-state index contributed by atoms with van der Waals surface area (Å²) in [6.07, 6.45) is 2.22. The molecule has 0 aromatic heterocycles. The van der Waals surface area contributed by atoms with E-state index < -0.39 is 0 Å². The van der Waals surface area contributed by atoms with Crippen molar-refractivity contribution in [2.24, 2.45) is 5.92 Å². The maximum atomic E-state index is 12.1. The average molecular weight is 227 g/mol. The molecule has 0 aromatic carbocycles. The summed E-state index contributed by atoms with van der Waals surface area (Å²) in [4.78, 5) is 14.0. The minimum absolute atomic E-state index is 0.114. The van der Waals surface area contributed by atoms with Crippen LogP contribution in [0.3, 0.4) is 0 Å². The molecule has 0 spiro atoms. The third-order valence-corrected chi connectivity index (χ3v) is 3.68. The molecule has 0 aliphatic carbocycles. The molecule has 0 radical (unpaired) electrons. The zero-order valence-electron chi connectivity index (χ0n) is 10.1. The second-order valence-corrected chi connectivity index (χ2v) is 5.13. The molecule has 2 heterocycles. The Bertz CT molecular complexity index is 269. The molecule has 0 saturated carbocycles. The van der Waals surface area contributed by atoms with Crippen molar-refractivity contribution >= 4 is 5.91 Å². The number of hydrogen-bond donors (Lipinski definition) is 1. The smallest absolute Gasteiger partial charge is 0.251 e. The van der Waals surface area contributed by atoms with Crippen molar-refractivity contribution in [3.8, 4) is 0 Å². The van der Waals surface area contributed by atoms with E-state index in [1.807, 2.05) is 18.7 Å². The molecule has 1 N–H and O–H groups in total. The molecule has 1 amide bonds. The highest BCUT2D eigenvalue weighted by Crippen LogP contribution is 2.23. The monoisotopic (exact) mass is 227 g/mol. The molecule has 2 aliphatic heterocycles. The predicted octanol–water partition coefficient (Wildman–Crippen LogP) is 0.783. The highest BCUT2D eigenvalue weighted by Gasteiger charge is 2.34. The van der Waals surface area contributed by atoms with Crippen molar-refractivity contribution in [3.63, 3.8) is 0 Å². The predicted molar refractivity (Wildman–Crippen MR) is 59.9 cm³/mol. The molecular formula is C12H21NO3. The molecule has 0 bridgehead atoms. The Morgan fingerprint density at radius 1 is 1.31 bits per heavy atom. The standard InChI is InChI=1S/C12H21NO3/c1-8-7-13(6-5-10(8)14)12(15)11-4-3-9(2)16-11/h8-11,14H,3-7H2,1-2H3. The van der Waals surface area contributed by atoms with Crippen molar-refractivity contribution in [1.29, 1.82) is 0 Å². The van der Waals surface area contributed by atoms with Gasteiger partial charge in [0, 0.05) is 13.1 Å². The van der Waals surface area contributed by atoms with Gasteiger partial charge in [-0.25, -0.2) is 0 Å². The zero-order chi connectivity index (χ0) is 11.7. The maximum Gasteiger partial charge on any atom is 0.251 e. The van der Waals surface area contributed by atoms with Gasteiger partial charge >= 0.3 is 0 Å². The summed E-state index contributed by atoms with van der Waals surface area (Å²) in [6, 6.07) is 0. The Balaban J connectivity index is 1.90. The van der Waals surface area contributed by atoms with E-state index in [1.165, 1.54) is 0 Å². The van der Waals surface area contributed by atoms with Gasteiger partial charge in [0.1, 0.15) is 6.10 Å². The first-order valence-electron chi connectivity index (χ1n) is 6.20. The third kappa shape index (κ3) is 2.38. The normalized spacial score (nSPS) is 40.1. The Morgan fingerprint density at radius 2 is 2.06 bits per heavy atom. The van der Waals surface area contributed by atoms with Crippen LogP contribution in [0.15, 0.2) is 0 Å². The fourth-order valence-electron chi connectivity index (χ4n) is 2.52. The number of likely N-dealkylation sites (tertiary alicyclic amines) is 1.